The monoisotopic (exact) mass is 304 g/mol. The van der Waals surface area contributed by atoms with Crippen molar-refractivity contribution in [3.63, 3.8) is 0 Å². The molecule has 0 spiro atoms. The van der Waals surface area contributed by atoms with Gasteiger partial charge in [0, 0.05) is 19.1 Å². The first kappa shape index (κ1) is 17.7. The molecule has 1 unspecified atom stereocenters. The lowest BCUT2D eigenvalue weighted by atomic mass is 9.83. The van der Waals surface area contributed by atoms with E-state index in [4.69, 9.17) is 4.74 Å². The third kappa shape index (κ3) is 5.98. The molecule has 118 valence electrons. The quantitative estimate of drug-likeness (QED) is 0.819. The zero-order valence-electron chi connectivity index (χ0n) is 12.5. The van der Waals surface area contributed by atoms with Gasteiger partial charge in [0.15, 0.2) is 0 Å². The van der Waals surface area contributed by atoms with Gasteiger partial charge in [-0.25, -0.2) is 0 Å². The average Bonchev–Trinajstić information content (AvgIpc) is 2.42. The molecule has 1 saturated carbocycles. The lowest BCUT2D eigenvalue weighted by Crippen LogP contribution is -2.44. The predicted octanol–water partition coefficient (Wildman–Crippen LogP) is 2.26. The van der Waals surface area contributed by atoms with Crippen molar-refractivity contribution in [3.8, 4) is 0 Å². The van der Waals surface area contributed by atoms with Crippen LogP contribution in [0.2, 0.25) is 0 Å². The van der Waals surface area contributed by atoms with Crippen LogP contribution in [-0.4, -0.2) is 37.7 Å². The van der Waals surface area contributed by atoms with Crippen LogP contribution in [0, 0.1) is 5.92 Å². The number of carbonyl (C=O) groups is 1. The second-order valence-electron chi connectivity index (χ2n) is 5.97. The third-order valence-corrected chi connectivity index (χ3v) is 4.33. The molecule has 1 saturated heterocycles. The molecular weight excluding hydrogens is 276 g/mol. The zero-order chi connectivity index (χ0) is 13.5. The highest BCUT2D eigenvalue weighted by molar-refractivity contribution is 5.85. The number of carbonyl (C=O) groups excluding carboxylic acids is 1. The van der Waals surface area contributed by atoms with E-state index in [9.17, 15) is 4.79 Å². The summed E-state index contributed by atoms with van der Waals surface area (Å²) in [4.78, 5) is 12.0. The Morgan fingerprint density at radius 3 is 2.65 bits per heavy atom. The summed E-state index contributed by atoms with van der Waals surface area (Å²) in [7, 11) is 0. The van der Waals surface area contributed by atoms with E-state index in [2.05, 4.69) is 17.6 Å². The summed E-state index contributed by atoms with van der Waals surface area (Å²) >= 11 is 0. The maximum atomic E-state index is 12.0. The van der Waals surface area contributed by atoms with Crippen LogP contribution in [0.4, 0.5) is 0 Å². The highest BCUT2D eigenvalue weighted by Gasteiger charge is 2.23. The first-order valence-corrected chi connectivity index (χ1v) is 7.89. The molecule has 2 aliphatic rings. The highest BCUT2D eigenvalue weighted by Crippen LogP contribution is 2.27. The Morgan fingerprint density at radius 1 is 1.30 bits per heavy atom. The van der Waals surface area contributed by atoms with Crippen LogP contribution in [-0.2, 0) is 9.53 Å². The topological polar surface area (TPSA) is 50.4 Å². The molecule has 1 atom stereocenters. The normalized spacial score (nSPS) is 30.4. The van der Waals surface area contributed by atoms with Gasteiger partial charge in [-0.1, -0.05) is 19.8 Å². The molecule has 1 aliphatic heterocycles. The standard InChI is InChI=1S/C15H28N2O2.ClH/c1-2-3-12-4-6-13(7-5-12)17-15(18)10-14-11-16-8-9-19-14;/h12-14,16H,2-11H2,1H3,(H,17,18);1H. The molecule has 0 radical (unpaired) electrons. The number of morpholine rings is 1. The van der Waals surface area contributed by atoms with Crippen LogP contribution < -0.4 is 10.6 Å². The van der Waals surface area contributed by atoms with E-state index in [-0.39, 0.29) is 24.4 Å². The fourth-order valence-electron chi connectivity index (χ4n) is 3.25. The van der Waals surface area contributed by atoms with Crippen LogP contribution in [0.25, 0.3) is 0 Å². The Kier molecular flexibility index (Phi) is 8.50. The Balaban J connectivity index is 0.00000200. The molecule has 1 heterocycles. The van der Waals surface area contributed by atoms with E-state index >= 15 is 0 Å². The molecule has 4 nitrogen and oxygen atoms in total. The number of hydrogen-bond donors (Lipinski definition) is 2. The Hall–Kier alpha value is -0.320. The Labute approximate surface area is 128 Å². The van der Waals surface area contributed by atoms with Crippen molar-refractivity contribution in [1.29, 1.82) is 0 Å². The molecule has 0 bridgehead atoms. The molecule has 0 aromatic rings. The van der Waals surface area contributed by atoms with E-state index in [0.717, 1.165) is 38.5 Å². The van der Waals surface area contributed by atoms with Crippen LogP contribution in [0.3, 0.4) is 0 Å². The first-order valence-electron chi connectivity index (χ1n) is 7.89. The third-order valence-electron chi connectivity index (χ3n) is 4.33. The molecular formula is C15H29ClN2O2. The van der Waals surface area contributed by atoms with Crippen molar-refractivity contribution < 1.29 is 9.53 Å². The smallest absolute Gasteiger partial charge is 0.222 e. The number of nitrogens with one attached hydrogen (secondary N) is 2. The number of halogens is 1. The highest BCUT2D eigenvalue weighted by atomic mass is 35.5. The number of ether oxygens (including phenoxy) is 1. The largest absolute Gasteiger partial charge is 0.375 e. The molecule has 0 aromatic carbocycles. The Morgan fingerprint density at radius 2 is 2.05 bits per heavy atom. The van der Waals surface area contributed by atoms with Gasteiger partial charge in [0.25, 0.3) is 0 Å². The fraction of sp³-hybridized carbons (Fsp3) is 0.933. The van der Waals surface area contributed by atoms with E-state index in [0.29, 0.717) is 12.5 Å². The van der Waals surface area contributed by atoms with Crippen molar-refractivity contribution in [3.05, 3.63) is 0 Å². The molecule has 2 fully saturated rings. The second-order valence-corrected chi connectivity index (χ2v) is 5.97. The molecule has 1 amide bonds. The van der Waals surface area contributed by atoms with E-state index in [1.807, 2.05) is 0 Å². The maximum Gasteiger partial charge on any atom is 0.222 e. The fourth-order valence-corrected chi connectivity index (χ4v) is 3.25. The lowest BCUT2D eigenvalue weighted by Gasteiger charge is -2.30. The van der Waals surface area contributed by atoms with Gasteiger partial charge in [0.05, 0.1) is 19.1 Å². The summed E-state index contributed by atoms with van der Waals surface area (Å²) in [5.74, 6) is 1.05. The van der Waals surface area contributed by atoms with Crippen molar-refractivity contribution in [2.24, 2.45) is 5.92 Å². The van der Waals surface area contributed by atoms with Crippen molar-refractivity contribution in [2.75, 3.05) is 19.7 Å². The van der Waals surface area contributed by atoms with Gasteiger partial charge < -0.3 is 15.4 Å². The van der Waals surface area contributed by atoms with Crippen molar-refractivity contribution in [2.45, 2.75) is 64.0 Å². The summed E-state index contributed by atoms with van der Waals surface area (Å²) in [6, 6.07) is 0.400. The second kappa shape index (κ2) is 9.59. The van der Waals surface area contributed by atoms with Crippen LogP contribution in [0.15, 0.2) is 0 Å². The molecule has 20 heavy (non-hydrogen) atoms. The van der Waals surface area contributed by atoms with Gasteiger partial charge in [-0.05, 0) is 31.6 Å². The summed E-state index contributed by atoms with van der Waals surface area (Å²) in [6.07, 6.45) is 8.06. The van der Waals surface area contributed by atoms with Gasteiger partial charge in [0.2, 0.25) is 5.91 Å². The molecule has 0 aromatic heterocycles. The summed E-state index contributed by atoms with van der Waals surface area (Å²) in [5.41, 5.74) is 0. The zero-order valence-corrected chi connectivity index (χ0v) is 13.3. The number of hydrogen-bond acceptors (Lipinski definition) is 3. The van der Waals surface area contributed by atoms with E-state index in [1.54, 1.807) is 0 Å². The minimum absolute atomic E-state index is 0. The number of amides is 1. The van der Waals surface area contributed by atoms with Gasteiger partial charge in [-0.15, -0.1) is 12.4 Å². The summed E-state index contributed by atoms with van der Waals surface area (Å²) in [5, 5.41) is 6.44. The molecule has 5 heteroatoms. The summed E-state index contributed by atoms with van der Waals surface area (Å²) in [6.45, 7) is 4.68. The molecule has 2 N–H and O–H groups in total. The van der Waals surface area contributed by atoms with Crippen molar-refractivity contribution in [1.82, 2.24) is 10.6 Å². The molecule has 2 rings (SSSR count). The van der Waals surface area contributed by atoms with Gasteiger partial charge in [-0.3, -0.25) is 4.79 Å². The minimum Gasteiger partial charge on any atom is -0.375 e. The van der Waals surface area contributed by atoms with E-state index < -0.39 is 0 Å². The summed E-state index contributed by atoms with van der Waals surface area (Å²) < 4.78 is 5.56. The molecule has 1 aliphatic carbocycles. The SMILES string of the molecule is CCCC1CCC(NC(=O)CC2CNCCO2)CC1.Cl. The van der Waals surface area contributed by atoms with Crippen LogP contribution >= 0.6 is 12.4 Å². The van der Waals surface area contributed by atoms with Crippen LogP contribution in [0.5, 0.6) is 0 Å². The lowest BCUT2D eigenvalue weighted by molar-refractivity contribution is -0.125. The van der Waals surface area contributed by atoms with Gasteiger partial charge >= 0.3 is 0 Å². The van der Waals surface area contributed by atoms with Gasteiger partial charge in [0.1, 0.15) is 0 Å². The maximum absolute atomic E-state index is 12.0. The van der Waals surface area contributed by atoms with E-state index in [1.165, 1.54) is 25.7 Å². The minimum atomic E-state index is 0. The van der Waals surface area contributed by atoms with Gasteiger partial charge in [-0.2, -0.15) is 0 Å². The van der Waals surface area contributed by atoms with Crippen molar-refractivity contribution >= 4 is 18.3 Å². The van der Waals surface area contributed by atoms with Crippen LogP contribution in [0.1, 0.15) is 51.9 Å². The average molecular weight is 305 g/mol. The first-order chi connectivity index (χ1) is 9.28. The Bertz CT molecular complexity index is 275. The predicted molar refractivity (Wildman–Crippen MR) is 83.3 cm³/mol. The number of rotatable bonds is 5.